The third kappa shape index (κ3) is 2.72. The van der Waals surface area contributed by atoms with Gasteiger partial charge >= 0.3 is 0 Å². The Kier molecular flexibility index (Phi) is 4.06. The molecule has 0 atom stereocenters. The third-order valence-corrected chi connectivity index (χ3v) is 4.43. The highest BCUT2D eigenvalue weighted by Crippen LogP contribution is 2.27. The van der Waals surface area contributed by atoms with Crippen molar-refractivity contribution in [2.75, 3.05) is 0 Å². The highest BCUT2D eigenvalue weighted by Gasteiger charge is 2.29. The second-order valence-electron chi connectivity index (χ2n) is 4.75. The van der Waals surface area contributed by atoms with E-state index in [1.54, 1.807) is 0 Å². The SMILES string of the molecule is CCC(N)(CC)c1noc(-c2ccc(Br)c(C)c2)n1. The maximum Gasteiger partial charge on any atom is 0.258 e. The van der Waals surface area contributed by atoms with Crippen LogP contribution in [0.4, 0.5) is 0 Å². The molecule has 0 aliphatic rings. The van der Waals surface area contributed by atoms with Crippen LogP contribution in [0.3, 0.4) is 0 Å². The molecule has 0 spiro atoms. The molecule has 0 fully saturated rings. The summed E-state index contributed by atoms with van der Waals surface area (Å²) in [4.78, 5) is 4.45. The van der Waals surface area contributed by atoms with Gasteiger partial charge in [-0.15, -0.1) is 0 Å². The molecule has 0 aliphatic heterocycles. The summed E-state index contributed by atoms with van der Waals surface area (Å²) in [6, 6.07) is 5.94. The number of aryl methyl sites for hydroxylation is 1. The Bertz CT molecular complexity index is 576. The highest BCUT2D eigenvalue weighted by molar-refractivity contribution is 9.10. The van der Waals surface area contributed by atoms with Gasteiger partial charge in [0.1, 0.15) is 0 Å². The summed E-state index contributed by atoms with van der Waals surface area (Å²) in [6.45, 7) is 6.09. The molecular formula is C14H18BrN3O. The van der Waals surface area contributed by atoms with Crippen LogP contribution >= 0.6 is 15.9 Å². The fourth-order valence-electron chi connectivity index (χ4n) is 1.89. The van der Waals surface area contributed by atoms with E-state index in [4.69, 9.17) is 10.3 Å². The average Bonchev–Trinajstić information content (AvgIpc) is 2.91. The van der Waals surface area contributed by atoms with E-state index in [1.165, 1.54) is 0 Å². The quantitative estimate of drug-likeness (QED) is 0.929. The molecule has 5 heteroatoms. The van der Waals surface area contributed by atoms with E-state index >= 15 is 0 Å². The van der Waals surface area contributed by atoms with Crippen LogP contribution in [0, 0.1) is 6.92 Å². The zero-order valence-corrected chi connectivity index (χ0v) is 13.0. The third-order valence-electron chi connectivity index (χ3n) is 3.54. The summed E-state index contributed by atoms with van der Waals surface area (Å²) in [6.07, 6.45) is 1.56. The standard InChI is InChI=1S/C14H18BrN3O/c1-4-14(16,5-2)13-17-12(19-18-13)10-6-7-11(15)9(3)8-10/h6-8H,4-5,16H2,1-3H3. The van der Waals surface area contributed by atoms with Crippen molar-refractivity contribution in [3.05, 3.63) is 34.1 Å². The topological polar surface area (TPSA) is 64.9 Å². The van der Waals surface area contributed by atoms with Gasteiger partial charge in [-0.25, -0.2) is 0 Å². The Hall–Kier alpha value is -1.20. The molecule has 1 aromatic heterocycles. The molecule has 4 nitrogen and oxygen atoms in total. The number of halogens is 1. The lowest BCUT2D eigenvalue weighted by Crippen LogP contribution is -2.36. The number of rotatable bonds is 4. The van der Waals surface area contributed by atoms with E-state index in [-0.39, 0.29) is 0 Å². The molecule has 2 N–H and O–H groups in total. The average molecular weight is 324 g/mol. The van der Waals surface area contributed by atoms with Crippen LogP contribution < -0.4 is 5.73 Å². The second kappa shape index (κ2) is 5.43. The highest BCUT2D eigenvalue weighted by atomic mass is 79.9. The first kappa shape index (κ1) is 14.2. The van der Waals surface area contributed by atoms with Crippen LogP contribution in [-0.4, -0.2) is 10.1 Å². The van der Waals surface area contributed by atoms with Crippen LogP contribution in [0.5, 0.6) is 0 Å². The Morgan fingerprint density at radius 1 is 1.32 bits per heavy atom. The van der Waals surface area contributed by atoms with E-state index in [0.29, 0.717) is 11.7 Å². The molecule has 0 amide bonds. The van der Waals surface area contributed by atoms with Gasteiger partial charge in [-0.1, -0.05) is 34.9 Å². The van der Waals surface area contributed by atoms with Crippen molar-refractivity contribution in [3.63, 3.8) is 0 Å². The van der Waals surface area contributed by atoms with Gasteiger partial charge in [0, 0.05) is 10.0 Å². The van der Waals surface area contributed by atoms with Crippen LogP contribution in [0.1, 0.15) is 38.1 Å². The molecule has 0 saturated carbocycles. The Balaban J connectivity index is 2.38. The molecule has 19 heavy (non-hydrogen) atoms. The van der Waals surface area contributed by atoms with Crippen molar-refractivity contribution in [1.82, 2.24) is 10.1 Å². The molecule has 2 aromatic rings. The monoisotopic (exact) mass is 323 g/mol. The number of hydrogen-bond acceptors (Lipinski definition) is 4. The van der Waals surface area contributed by atoms with E-state index in [0.717, 1.165) is 28.4 Å². The van der Waals surface area contributed by atoms with E-state index < -0.39 is 5.54 Å². The van der Waals surface area contributed by atoms with Gasteiger partial charge in [-0.2, -0.15) is 4.98 Å². The van der Waals surface area contributed by atoms with Gasteiger partial charge in [0.05, 0.1) is 5.54 Å². The molecule has 1 heterocycles. The van der Waals surface area contributed by atoms with Gasteiger partial charge in [-0.05, 0) is 43.5 Å². The Labute approximate surface area is 121 Å². The molecule has 0 aliphatic carbocycles. The second-order valence-corrected chi connectivity index (χ2v) is 5.60. The maximum atomic E-state index is 6.27. The first-order chi connectivity index (χ1) is 9.00. The number of benzene rings is 1. The van der Waals surface area contributed by atoms with Crippen molar-refractivity contribution >= 4 is 15.9 Å². The zero-order chi connectivity index (χ0) is 14.0. The lowest BCUT2D eigenvalue weighted by molar-refractivity contribution is 0.350. The van der Waals surface area contributed by atoms with Crippen LogP contribution in [0.25, 0.3) is 11.5 Å². The largest absolute Gasteiger partial charge is 0.334 e. The van der Waals surface area contributed by atoms with Gasteiger partial charge in [-0.3, -0.25) is 0 Å². The van der Waals surface area contributed by atoms with Gasteiger partial charge in [0.25, 0.3) is 5.89 Å². The number of nitrogens with two attached hydrogens (primary N) is 1. The minimum Gasteiger partial charge on any atom is -0.334 e. The smallest absolute Gasteiger partial charge is 0.258 e. The molecule has 0 saturated heterocycles. The molecule has 2 rings (SSSR count). The van der Waals surface area contributed by atoms with Gasteiger partial charge < -0.3 is 10.3 Å². The summed E-state index contributed by atoms with van der Waals surface area (Å²) >= 11 is 3.47. The fraction of sp³-hybridized carbons (Fsp3) is 0.429. The summed E-state index contributed by atoms with van der Waals surface area (Å²) in [5.41, 5.74) is 7.80. The Morgan fingerprint density at radius 2 is 2.00 bits per heavy atom. The number of hydrogen-bond donors (Lipinski definition) is 1. The Morgan fingerprint density at radius 3 is 2.58 bits per heavy atom. The van der Waals surface area contributed by atoms with E-state index in [2.05, 4.69) is 26.1 Å². The summed E-state index contributed by atoms with van der Waals surface area (Å²) < 4.78 is 6.40. The normalized spacial score (nSPS) is 11.8. The number of aromatic nitrogens is 2. The molecule has 0 bridgehead atoms. The number of nitrogens with zero attached hydrogens (tertiary/aromatic N) is 2. The molecule has 102 valence electrons. The minimum atomic E-state index is -0.508. The zero-order valence-electron chi connectivity index (χ0n) is 11.4. The van der Waals surface area contributed by atoms with E-state index in [1.807, 2.05) is 39.0 Å². The molecule has 1 aromatic carbocycles. The van der Waals surface area contributed by atoms with E-state index in [9.17, 15) is 0 Å². The molecule has 0 radical (unpaired) electrons. The van der Waals surface area contributed by atoms with Crippen molar-refractivity contribution in [1.29, 1.82) is 0 Å². The first-order valence-electron chi connectivity index (χ1n) is 6.39. The summed E-state index contributed by atoms with van der Waals surface area (Å²) in [5.74, 6) is 1.09. The predicted octanol–water partition coefficient (Wildman–Crippen LogP) is 3.78. The first-order valence-corrected chi connectivity index (χ1v) is 7.19. The van der Waals surface area contributed by atoms with Crippen molar-refractivity contribution in [3.8, 4) is 11.5 Å². The van der Waals surface area contributed by atoms with Crippen LogP contribution in [-0.2, 0) is 5.54 Å². The van der Waals surface area contributed by atoms with Crippen molar-refractivity contribution in [2.45, 2.75) is 39.2 Å². The summed E-state index contributed by atoms with van der Waals surface area (Å²) in [7, 11) is 0. The lowest BCUT2D eigenvalue weighted by atomic mass is 9.93. The molecule has 0 unspecified atom stereocenters. The summed E-state index contributed by atoms with van der Waals surface area (Å²) in [5, 5.41) is 4.04. The van der Waals surface area contributed by atoms with Crippen LogP contribution in [0.15, 0.2) is 27.2 Å². The van der Waals surface area contributed by atoms with Crippen molar-refractivity contribution in [2.24, 2.45) is 5.73 Å². The maximum absolute atomic E-state index is 6.27. The predicted molar refractivity (Wildman–Crippen MR) is 78.6 cm³/mol. The van der Waals surface area contributed by atoms with Gasteiger partial charge in [0.15, 0.2) is 5.82 Å². The van der Waals surface area contributed by atoms with Gasteiger partial charge in [0.2, 0.25) is 0 Å². The lowest BCUT2D eigenvalue weighted by Gasteiger charge is -2.21. The minimum absolute atomic E-state index is 0.508. The molecular weight excluding hydrogens is 306 g/mol. The van der Waals surface area contributed by atoms with Crippen molar-refractivity contribution < 1.29 is 4.52 Å². The van der Waals surface area contributed by atoms with Crippen LogP contribution in [0.2, 0.25) is 0 Å². The fourth-order valence-corrected chi connectivity index (χ4v) is 2.13.